The number of carbonyl (C=O) groups is 1. The molecule has 0 aliphatic carbocycles. The summed E-state index contributed by atoms with van der Waals surface area (Å²) in [4.78, 5) is 13.2. The predicted octanol–water partition coefficient (Wildman–Crippen LogP) is 3.40. The quantitative estimate of drug-likeness (QED) is 0.667. The molecule has 4 nitrogen and oxygen atoms in total. The Morgan fingerprint density at radius 3 is 2.76 bits per heavy atom. The molecule has 0 saturated carbocycles. The van der Waals surface area contributed by atoms with Gasteiger partial charge < -0.3 is 10.0 Å². The Balaban J connectivity index is 2.48. The van der Waals surface area contributed by atoms with Crippen molar-refractivity contribution in [3.8, 4) is 6.07 Å². The van der Waals surface area contributed by atoms with Gasteiger partial charge in [-0.2, -0.15) is 5.26 Å². The first-order chi connectivity index (χ1) is 9.76. The van der Waals surface area contributed by atoms with Crippen LogP contribution in [-0.4, -0.2) is 23.7 Å². The number of nitriles is 1. The van der Waals surface area contributed by atoms with Crippen molar-refractivity contribution in [2.24, 2.45) is 0 Å². The smallest absolute Gasteiger partial charge is 0.346 e. The van der Waals surface area contributed by atoms with Crippen molar-refractivity contribution in [3.63, 3.8) is 0 Å². The van der Waals surface area contributed by atoms with Crippen LogP contribution in [0.15, 0.2) is 23.8 Å². The number of hydrogen-bond donors (Lipinski definition) is 1. The molecule has 0 saturated heterocycles. The van der Waals surface area contributed by atoms with Gasteiger partial charge in [-0.3, -0.25) is 0 Å². The lowest BCUT2D eigenvalue weighted by atomic mass is 9.80. The number of aliphatic carboxylic acids is 1. The largest absolute Gasteiger partial charge is 0.477 e. The van der Waals surface area contributed by atoms with E-state index in [9.17, 15) is 4.79 Å². The van der Waals surface area contributed by atoms with Crippen LogP contribution in [0.3, 0.4) is 0 Å². The van der Waals surface area contributed by atoms with Gasteiger partial charge in [0.1, 0.15) is 11.6 Å². The fourth-order valence-electron chi connectivity index (χ4n) is 2.99. The van der Waals surface area contributed by atoms with Crippen LogP contribution in [0.1, 0.15) is 44.2 Å². The van der Waals surface area contributed by atoms with Crippen molar-refractivity contribution in [1.82, 2.24) is 0 Å². The van der Waals surface area contributed by atoms with Crippen molar-refractivity contribution < 1.29 is 9.90 Å². The number of anilines is 1. The Labute approximate surface area is 125 Å². The highest BCUT2D eigenvalue weighted by atomic mass is 16.4. The number of carboxylic acid groups (broad SMARTS) is 1. The van der Waals surface area contributed by atoms with Crippen LogP contribution < -0.4 is 4.90 Å². The SMILES string of the molecule is CC1CC(C)(C)N(C)c2ccc(/C=C(/C#N)C(=O)O)cc21. The van der Waals surface area contributed by atoms with Gasteiger partial charge in [-0.05, 0) is 55.5 Å². The lowest BCUT2D eigenvalue weighted by molar-refractivity contribution is -0.132. The zero-order valence-corrected chi connectivity index (χ0v) is 12.8. The first-order valence-corrected chi connectivity index (χ1v) is 6.99. The van der Waals surface area contributed by atoms with E-state index in [2.05, 4.69) is 32.7 Å². The standard InChI is InChI=1S/C17H20N2O2/c1-11-9-17(2,3)19(4)15-6-5-12(8-14(11)15)7-13(10-18)16(20)21/h5-8,11H,9H2,1-4H3,(H,20,21)/b13-7-. The van der Waals surface area contributed by atoms with Gasteiger partial charge in [0.05, 0.1) is 0 Å². The summed E-state index contributed by atoms with van der Waals surface area (Å²) in [6, 6.07) is 7.58. The number of rotatable bonds is 2. The zero-order valence-electron chi connectivity index (χ0n) is 12.8. The van der Waals surface area contributed by atoms with E-state index >= 15 is 0 Å². The fourth-order valence-corrected chi connectivity index (χ4v) is 2.99. The van der Waals surface area contributed by atoms with Gasteiger partial charge in [-0.1, -0.05) is 13.0 Å². The predicted molar refractivity (Wildman–Crippen MR) is 83.2 cm³/mol. The summed E-state index contributed by atoms with van der Waals surface area (Å²) in [6.07, 6.45) is 2.46. The van der Waals surface area contributed by atoms with Crippen molar-refractivity contribution in [2.45, 2.75) is 38.6 Å². The minimum atomic E-state index is -1.19. The van der Waals surface area contributed by atoms with E-state index in [1.807, 2.05) is 18.2 Å². The van der Waals surface area contributed by atoms with Gasteiger partial charge in [0, 0.05) is 18.3 Å². The molecule has 0 amide bonds. The summed E-state index contributed by atoms with van der Waals surface area (Å²) < 4.78 is 0. The van der Waals surface area contributed by atoms with Crippen LogP contribution in [0.2, 0.25) is 0 Å². The Kier molecular flexibility index (Phi) is 3.78. The maximum atomic E-state index is 10.9. The number of fused-ring (bicyclic) bond motifs is 1. The molecule has 1 heterocycles. The first-order valence-electron chi connectivity index (χ1n) is 6.99. The zero-order chi connectivity index (χ0) is 15.8. The second-order valence-corrected chi connectivity index (χ2v) is 6.27. The van der Waals surface area contributed by atoms with Gasteiger partial charge in [-0.25, -0.2) is 4.79 Å². The highest BCUT2D eigenvalue weighted by Crippen LogP contribution is 2.42. The van der Waals surface area contributed by atoms with Crippen molar-refractivity contribution >= 4 is 17.7 Å². The Morgan fingerprint density at radius 1 is 1.52 bits per heavy atom. The van der Waals surface area contributed by atoms with Crippen molar-refractivity contribution in [3.05, 3.63) is 34.9 Å². The van der Waals surface area contributed by atoms with Gasteiger partial charge in [0.2, 0.25) is 0 Å². The molecule has 2 rings (SSSR count). The first kappa shape index (κ1) is 15.1. The third-order valence-electron chi connectivity index (χ3n) is 4.32. The van der Waals surface area contributed by atoms with E-state index in [0.29, 0.717) is 5.92 Å². The summed E-state index contributed by atoms with van der Waals surface area (Å²) in [5, 5.41) is 17.8. The molecule has 0 radical (unpaired) electrons. The molecule has 0 bridgehead atoms. The van der Waals surface area contributed by atoms with Crippen LogP contribution >= 0.6 is 0 Å². The number of nitrogens with zero attached hydrogens (tertiary/aromatic N) is 2. The molecule has 1 aromatic rings. The van der Waals surface area contributed by atoms with E-state index < -0.39 is 5.97 Å². The minimum Gasteiger partial charge on any atom is -0.477 e. The molecule has 1 aliphatic heterocycles. The van der Waals surface area contributed by atoms with Crippen molar-refractivity contribution in [1.29, 1.82) is 5.26 Å². The van der Waals surface area contributed by atoms with Crippen molar-refractivity contribution in [2.75, 3.05) is 11.9 Å². The van der Waals surface area contributed by atoms with E-state index in [-0.39, 0.29) is 11.1 Å². The summed E-state index contributed by atoms with van der Waals surface area (Å²) >= 11 is 0. The number of carboxylic acids is 1. The van der Waals surface area contributed by atoms with Crippen LogP contribution in [0.5, 0.6) is 0 Å². The number of benzene rings is 1. The summed E-state index contributed by atoms with van der Waals surface area (Å²) in [5.74, 6) is -0.795. The second kappa shape index (κ2) is 5.25. The van der Waals surface area contributed by atoms with Crippen LogP contribution in [0.25, 0.3) is 6.08 Å². The Bertz CT molecular complexity index is 653. The molecule has 1 aromatic carbocycles. The molecule has 1 aliphatic rings. The maximum absolute atomic E-state index is 10.9. The van der Waals surface area contributed by atoms with Gasteiger partial charge in [0.15, 0.2) is 0 Å². The normalized spacial score (nSPS) is 20.6. The summed E-state index contributed by atoms with van der Waals surface area (Å²) in [6.45, 7) is 6.63. The summed E-state index contributed by atoms with van der Waals surface area (Å²) in [7, 11) is 2.08. The molecule has 0 spiro atoms. The minimum absolute atomic E-state index is 0.0999. The third kappa shape index (κ3) is 2.78. The molecule has 1 unspecified atom stereocenters. The maximum Gasteiger partial charge on any atom is 0.346 e. The molecule has 4 heteroatoms. The van der Waals surface area contributed by atoms with E-state index in [0.717, 1.165) is 12.0 Å². The molecule has 1 atom stereocenters. The molecule has 1 N–H and O–H groups in total. The lowest BCUT2D eigenvalue weighted by Crippen LogP contribution is -2.45. The Morgan fingerprint density at radius 2 is 2.19 bits per heavy atom. The van der Waals surface area contributed by atoms with E-state index in [4.69, 9.17) is 10.4 Å². The molecule has 0 fully saturated rings. The Hall–Kier alpha value is -2.28. The van der Waals surface area contributed by atoms with Crippen LogP contribution in [0, 0.1) is 11.3 Å². The average molecular weight is 284 g/mol. The monoisotopic (exact) mass is 284 g/mol. The number of hydrogen-bond acceptors (Lipinski definition) is 3. The second-order valence-electron chi connectivity index (χ2n) is 6.27. The van der Waals surface area contributed by atoms with E-state index in [1.165, 1.54) is 17.3 Å². The molecule has 0 aromatic heterocycles. The third-order valence-corrected chi connectivity index (χ3v) is 4.32. The molecular weight excluding hydrogens is 264 g/mol. The molecule has 21 heavy (non-hydrogen) atoms. The fraction of sp³-hybridized carbons (Fsp3) is 0.412. The van der Waals surface area contributed by atoms with Gasteiger partial charge >= 0.3 is 5.97 Å². The van der Waals surface area contributed by atoms with E-state index in [1.54, 1.807) is 6.07 Å². The molecule has 110 valence electrons. The average Bonchev–Trinajstić information content (AvgIpc) is 2.41. The highest BCUT2D eigenvalue weighted by Gasteiger charge is 2.33. The van der Waals surface area contributed by atoms with Gasteiger partial charge in [0.25, 0.3) is 0 Å². The highest BCUT2D eigenvalue weighted by molar-refractivity contribution is 5.96. The topological polar surface area (TPSA) is 64.3 Å². The summed E-state index contributed by atoms with van der Waals surface area (Å²) in [5.41, 5.74) is 2.99. The van der Waals surface area contributed by atoms with Crippen LogP contribution in [0.4, 0.5) is 5.69 Å². The van der Waals surface area contributed by atoms with Gasteiger partial charge in [-0.15, -0.1) is 0 Å². The molecular formula is C17H20N2O2. The van der Waals surface area contributed by atoms with Crippen LogP contribution in [-0.2, 0) is 4.79 Å². The lowest BCUT2D eigenvalue weighted by Gasteiger charge is -2.45.